The van der Waals surface area contributed by atoms with Crippen molar-refractivity contribution in [3.8, 4) is 11.1 Å². The van der Waals surface area contributed by atoms with Gasteiger partial charge in [-0.2, -0.15) is 0 Å². The summed E-state index contributed by atoms with van der Waals surface area (Å²) < 4.78 is 4.99. The number of aromatic nitrogens is 3. The molecule has 1 unspecified atom stereocenters. The number of pyridine rings is 1. The maximum atomic E-state index is 12.2. The summed E-state index contributed by atoms with van der Waals surface area (Å²) in [7, 11) is 1.55. The Morgan fingerprint density at radius 2 is 2.17 bits per heavy atom. The van der Waals surface area contributed by atoms with Crippen LogP contribution in [-0.4, -0.2) is 52.6 Å². The first-order chi connectivity index (χ1) is 11.7. The zero-order valence-electron chi connectivity index (χ0n) is 14.1. The summed E-state index contributed by atoms with van der Waals surface area (Å²) in [6.45, 7) is 3.49. The Morgan fingerprint density at radius 3 is 2.92 bits per heavy atom. The van der Waals surface area contributed by atoms with E-state index in [1.165, 1.54) is 0 Å². The van der Waals surface area contributed by atoms with Gasteiger partial charge >= 0.3 is 0 Å². The molecule has 6 nitrogen and oxygen atoms in total. The van der Waals surface area contributed by atoms with Crippen LogP contribution in [0.5, 0.6) is 0 Å². The van der Waals surface area contributed by atoms with Crippen LogP contribution < -0.4 is 0 Å². The summed E-state index contributed by atoms with van der Waals surface area (Å²) in [4.78, 5) is 27.2. The van der Waals surface area contributed by atoms with E-state index in [2.05, 4.69) is 9.97 Å². The second kappa shape index (κ2) is 7.49. The topological polar surface area (TPSA) is 68.2 Å². The zero-order valence-corrected chi connectivity index (χ0v) is 14.1. The van der Waals surface area contributed by atoms with Gasteiger partial charge < -0.3 is 9.64 Å². The van der Waals surface area contributed by atoms with Crippen LogP contribution in [0.25, 0.3) is 11.1 Å². The number of methoxy groups -OCH3 is 1. The Labute approximate surface area is 141 Å². The van der Waals surface area contributed by atoms with E-state index in [9.17, 15) is 4.79 Å². The lowest BCUT2D eigenvalue weighted by Crippen LogP contribution is -2.41. The molecule has 6 heteroatoms. The minimum absolute atomic E-state index is 0.0402. The van der Waals surface area contributed by atoms with Crippen LogP contribution in [0, 0.1) is 6.92 Å². The van der Waals surface area contributed by atoms with Crippen molar-refractivity contribution in [1.29, 1.82) is 0 Å². The molecule has 0 aromatic carbocycles. The van der Waals surface area contributed by atoms with Crippen LogP contribution in [0.15, 0.2) is 30.7 Å². The Bertz CT molecular complexity index is 705. The van der Waals surface area contributed by atoms with E-state index in [4.69, 9.17) is 9.72 Å². The van der Waals surface area contributed by atoms with Gasteiger partial charge in [-0.1, -0.05) is 0 Å². The summed E-state index contributed by atoms with van der Waals surface area (Å²) in [5, 5.41) is 0. The monoisotopic (exact) mass is 326 g/mol. The lowest BCUT2D eigenvalue weighted by atomic mass is 9.90. The molecular weight excluding hydrogens is 304 g/mol. The van der Waals surface area contributed by atoms with E-state index in [1.54, 1.807) is 19.5 Å². The number of hydrogen-bond donors (Lipinski definition) is 0. The molecule has 1 amide bonds. The second-order valence-corrected chi connectivity index (χ2v) is 6.06. The normalized spacial score (nSPS) is 17.8. The lowest BCUT2D eigenvalue weighted by Gasteiger charge is -2.33. The highest BCUT2D eigenvalue weighted by atomic mass is 16.5. The van der Waals surface area contributed by atoms with E-state index in [0.717, 1.165) is 42.0 Å². The number of amides is 1. The fourth-order valence-electron chi connectivity index (χ4n) is 3.19. The predicted octanol–water partition coefficient (Wildman–Crippen LogP) is 2.20. The molecule has 126 valence electrons. The first-order valence-electron chi connectivity index (χ1n) is 8.19. The number of ether oxygens (including phenoxy) is 1. The third-order valence-electron chi connectivity index (χ3n) is 4.36. The Balaban J connectivity index is 1.91. The fraction of sp³-hybridized carbons (Fsp3) is 0.444. The average Bonchev–Trinajstić information content (AvgIpc) is 2.63. The molecule has 0 radical (unpaired) electrons. The molecule has 0 bridgehead atoms. The van der Waals surface area contributed by atoms with Gasteiger partial charge in [0.2, 0.25) is 5.91 Å². The van der Waals surface area contributed by atoms with Crippen LogP contribution in [0.1, 0.15) is 30.3 Å². The zero-order chi connectivity index (χ0) is 16.9. The summed E-state index contributed by atoms with van der Waals surface area (Å²) in [5.74, 6) is 1.01. The molecule has 3 rings (SSSR count). The summed E-state index contributed by atoms with van der Waals surface area (Å²) in [6, 6.07) is 3.93. The molecule has 1 aliphatic rings. The number of aryl methyl sites for hydroxylation is 1. The van der Waals surface area contributed by atoms with E-state index in [1.807, 2.05) is 30.2 Å². The number of nitrogens with zero attached hydrogens (tertiary/aromatic N) is 4. The first kappa shape index (κ1) is 16.5. The molecule has 1 aliphatic heterocycles. The van der Waals surface area contributed by atoms with Crippen molar-refractivity contribution in [3.63, 3.8) is 0 Å². The number of likely N-dealkylation sites (tertiary alicyclic amines) is 1. The minimum atomic E-state index is 0.0402. The number of carbonyl (C=O) groups excluding carboxylic acids is 1. The molecule has 0 saturated carbocycles. The van der Waals surface area contributed by atoms with Crippen molar-refractivity contribution < 1.29 is 9.53 Å². The molecular formula is C18H22N4O2. The van der Waals surface area contributed by atoms with Gasteiger partial charge in [0, 0.05) is 50.3 Å². The van der Waals surface area contributed by atoms with Crippen LogP contribution >= 0.6 is 0 Å². The molecule has 1 saturated heterocycles. The molecule has 0 spiro atoms. The highest BCUT2D eigenvalue weighted by Crippen LogP contribution is 2.32. The molecule has 0 aliphatic carbocycles. The molecule has 3 heterocycles. The molecule has 24 heavy (non-hydrogen) atoms. The number of hydrogen-bond acceptors (Lipinski definition) is 5. The van der Waals surface area contributed by atoms with Crippen molar-refractivity contribution in [3.05, 3.63) is 42.2 Å². The smallest absolute Gasteiger partial charge is 0.248 e. The van der Waals surface area contributed by atoms with E-state index in [0.29, 0.717) is 6.54 Å². The average molecular weight is 326 g/mol. The number of carbonyl (C=O) groups is 1. The largest absolute Gasteiger partial charge is 0.375 e. The summed E-state index contributed by atoms with van der Waals surface area (Å²) in [5.41, 5.74) is 3.10. The first-order valence-corrected chi connectivity index (χ1v) is 8.19. The quantitative estimate of drug-likeness (QED) is 0.861. The van der Waals surface area contributed by atoms with Gasteiger partial charge in [0.05, 0.1) is 5.69 Å². The van der Waals surface area contributed by atoms with Crippen LogP contribution in [0.2, 0.25) is 0 Å². The van der Waals surface area contributed by atoms with E-state index in [-0.39, 0.29) is 18.4 Å². The van der Waals surface area contributed by atoms with Crippen molar-refractivity contribution in [2.75, 3.05) is 26.8 Å². The third-order valence-corrected chi connectivity index (χ3v) is 4.36. The van der Waals surface area contributed by atoms with Crippen molar-refractivity contribution >= 4 is 5.91 Å². The Kier molecular flexibility index (Phi) is 5.15. The molecule has 1 atom stereocenters. The number of rotatable bonds is 4. The van der Waals surface area contributed by atoms with Gasteiger partial charge in [0.15, 0.2) is 0 Å². The van der Waals surface area contributed by atoms with Crippen molar-refractivity contribution in [2.24, 2.45) is 0 Å². The van der Waals surface area contributed by atoms with Crippen LogP contribution in [0.3, 0.4) is 0 Å². The van der Waals surface area contributed by atoms with Crippen LogP contribution in [0.4, 0.5) is 0 Å². The number of piperidine rings is 1. The van der Waals surface area contributed by atoms with Gasteiger partial charge in [-0.3, -0.25) is 9.78 Å². The molecule has 2 aromatic rings. The SMILES string of the molecule is COCC(=O)N1CCCC(c2nc(C)ncc2-c2ccncc2)C1. The Hall–Kier alpha value is -2.34. The predicted molar refractivity (Wildman–Crippen MR) is 90.4 cm³/mol. The highest BCUT2D eigenvalue weighted by Gasteiger charge is 2.27. The van der Waals surface area contributed by atoms with Crippen molar-refractivity contribution in [2.45, 2.75) is 25.7 Å². The molecule has 1 fully saturated rings. The van der Waals surface area contributed by atoms with Gasteiger partial charge in [-0.15, -0.1) is 0 Å². The fourth-order valence-corrected chi connectivity index (χ4v) is 3.19. The molecule has 0 N–H and O–H groups in total. The second-order valence-electron chi connectivity index (χ2n) is 6.06. The van der Waals surface area contributed by atoms with Gasteiger partial charge in [-0.25, -0.2) is 9.97 Å². The molecule has 2 aromatic heterocycles. The summed E-state index contributed by atoms with van der Waals surface area (Å²) in [6.07, 6.45) is 7.41. The maximum absolute atomic E-state index is 12.2. The van der Waals surface area contributed by atoms with E-state index >= 15 is 0 Å². The van der Waals surface area contributed by atoms with Gasteiger partial charge in [0.25, 0.3) is 0 Å². The van der Waals surface area contributed by atoms with Gasteiger partial charge in [-0.05, 0) is 37.5 Å². The Morgan fingerprint density at radius 1 is 1.38 bits per heavy atom. The van der Waals surface area contributed by atoms with Crippen LogP contribution in [-0.2, 0) is 9.53 Å². The minimum Gasteiger partial charge on any atom is -0.375 e. The standard InChI is InChI=1S/C18H22N4O2/c1-13-20-10-16(14-5-7-19-8-6-14)18(21-13)15-4-3-9-22(11-15)17(23)12-24-2/h5-8,10,15H,3-4,9,11-12H2,1-2H3. The lowest BCUT2D eigenvalue weighted by molar-refractivity contribution is -0.136. The van der Waals surface area contributed by atoms with Crippen molar-refractivity contribution in [1.82, 2.24) is 19.9 Å². The van der Waals surface area contributed by atoms with Gasteiger partial charge in [0.1, 0.15) is 12.4 Å². The summed E-state index contributed by atoms with van der Waals surface area (Å²) >= 11 is 0. The third kappa shape index (κ3) is 3.59. The van der Waals surface area contributed by atoms with E-state index < -0.39 is 0 Å². The highest BCUT2D eigenvalue weighted by molar-refractivity contribution is 5.77. The maximum Gasteiger partial charge on any atom is 0.248 e.